The lowest BCUT2D eigenvalue weighted by atomic mass is 9.95. The molecule has 0 atom stereocenters. The van der Waals surface area contributed by atoms with Crippen LogP contribution in [0.2, 0.25) is 0 Å². The third kappa shape index (κ3) is 5.56. The van der Waals surface area contributed by atoms with Gasteiger partial charge in [-0.1, -0.05) is 38.5 Å². The first kappa shape index (κ1) is 16.3. The maximum absolute atomic E-state index is 6.01. The Balaban J connectivity index is 1.53. The van der Waals surface area contributed by atoms with Crippen LogP contribution in [0.5, 0.6) is 0 Å². The number of imidazole rings is 1. The van der Waals surface area contributed by atoms with Crippen LogP contribution in [-0.4, -0.2) is 34.3 Å². The average Bonchev–Trinajstić information content (AvgIpc) is 3.10. The van der Waals surface area contributed by atoms with E-state index in [0.717, 1.165) is 12.6 Å². The van der Waals surface area contributed by atoms with Crippen LogP contribution < -0.4 is 5.32 Å². The molecule has 0 aromatic carbocycles. The van der Waals surface area contributed by atoms with Crippen LogP contribution in [0.15, 0.2) is 23.7 Å². The molecule has 2 saturated carbocycles. The Morgan fingerprint density at radius 1 is 1.09 bits per heavy atom. The van der Waals surface area contributed by atoms with E-state index >= 15 is 0 Å². The predicted molar refractivity (Wildman–Crippen MR) is 92.5 cm³/mol. The predicted octanol–water partition coefficient (Wildman–Crippen LogP) is 3.51. The van der Waals surface area contributed by atoms with Crippen molar-refractivity contribution in [1.29, 1.82) is 0 Å². The second-order valence-electron chi connectivity index (χ2n) is 6.85. The maximum Gasteiger partial charge on any atom is 0.285 e. The number of aliphatic imine (C=N–C) groups is 1. The van der Waals surface area contributed by atoms with Gasteiger partial charge in [0.1, 0.15) is 6.61 Å². The molecular weight excluding hydrogens is 288 g/mol. The molecular formula is C18H30N4O. The number of hydrogen-bond acceptors (Lipinski definition) is 3. The normalized spacial score (nSPS) is 21.3. The van der Waals surface area contributed by atoms with Gasteiger partial charge in [-0.3, -0.25) is 0 Å². The Kier molecular flexibility index (Phi) is 6.35. The molecule has 0 saturated heterocycles. The molecule has 1 heterocycles. The number of nitrogens with zero attached hydrogens (tertiary/aromatic N) is 3. The van der Waals surface area contributed by atoms with Crippen LogP contribution in [-0.2, 0) is 11.3 Å². The molecule has 0 radical (unpaired) electrons. The molecule has 0 aliphatic heterocycles. The van der Waals surface area contributed by atoms with E-state index in [1.807, 2.05) is 17.1 Å². The van der Waals surface area contributed by atoms with E-state index in [9.17, 15) is 0 Å². The minimum atomic E-state index is 0.447. The van der Waals surface area contributed by atoms with Gasteiger partial charge in [0.2, 0.25) is 0 Å². The molecule has 128 valence electrons. The lowest BCUT2D eigenvalue weighted by molar-refractivity contribution is 0.255. The van der Waals surface area contributed by atoms with E-state index in [1.165, 1.54) is 64.2 Å². The smallest absolute Gasteiger partial charge is 0.285 e. The van der Waals surface area contributed by atoms with Crippen LogP contribution in [0, 0.1) is 0 Å². The van der Waals surface area contributed by atoms with Gasteiger partial charge in [-0.2, -0.15) is 0 Å². The Hall–Kier alpha value is -1.52. The van der Waals surface area contributed by atoms with Gasteiger partial charge in [0.15, 0.2) is 0 Å². The molecule has 1 aromatic heterocycles. The summed E-state index contributed by atoms with van der Waals surface area (Å²) >= 11 is 0. The molecule has 2 aliphatic carbocycles. The van der Waals surface area contributed by atoms with Gasteiger partial charge in [0.05, 0.1) is 18.9 Å². The fourth-order valence-corrected chi connectivity index (χ4v) is 3.58. The zero-order chi connectivity index (χ0) is 15.7. The summed E-state index contributed by atoms with van der Waals surface area (Å²) in [6.07, 6.45) is 18.5. The third-order valence-corrected chi connectivity index (χ3v) is 4.95. The van der Waals surface area contributed by atoms with Crippen LogP contribution in [0.25, 0.3) is 0 Å². The van der Waals surface area contributed by atoms with Crippen LogP contribution in [0.1, 0.15) is 64.2 Å². The summed E-state index contributed by atoms with van der Waals surface area (Å²) in [4.78, 5) is 8.98. The number of ether oxygens (including phenoxy) is 1. The number of hydrogen-bond donors (Lipinski definition) is 1. The van der Waals surface area contributed by atoms with Gasteiger partial charge in [-0.15, -0.1) is 0 Å². The summed E-state index contributed by atoms with van der Waals surface area (Å²) in [5, 5.41) is 3.59. The summed E-state index contributed by atoms with van der Waals surface area (Å²) < 4.78 is 8.05. The number of amidine groups is 1. The SMILES string of the molecule is c1cn(CCOC(=NC2CCCCC2)NC2CCCCC2)cn1. The Bertz CT molecular complexity index is 459. The van der Waals surface area contributed by atoms with Gasteiger partial charge >= 0.3 is 0 Å². The monoisotopic (exact) mass is 318 g/mol. The molecule has 5 nitrogen and oxygen atoms in total. The van der Waals surface area contributed by atoms with E-state index in [4.69, 9.17) is 9.73 Å². The van der Waals surface area contributed by atoms with Crippen molar-refractivity contribution in [2.75, 3.05) is 6.61 Å². The zero-order valence-corrected chi connectivity index (χ0v) is 14.1. The first-order chi connectivity index (χ1) is 11.4. The minimum absolute atomic E-state index is 0.447. The molecule has 0 amide bonds. The van der Waals surface area contributed by atoms with E-state index in [1.54, 1.807) is 6.20 Å². The van der Waals surface area contributed by atoms with Gasteiger partial charge in [-0.05, 0) is 25.7 Å². The van der Waals surface area contributed by atoms with E-state index in [0.29, 0.717) is 18.7 Å². The van der Waals surface area contributed by atoms with Crippen molar-refractivity contribution in [3.8, 4) is 0 Å². The second-order valence-corrected chi connectivity index (χ2v) is 6.85. The molecule has 3 rings (SSSR count). The second kappa shape index (κ2) is 8.94. The van der Waals surface area contributed by atoms with Crippen LogP contribution >= 0.6 is 0 Å². The van der Waals surface area contributed by atoms with Crippen molar-refractivity contribution in [1.82, 2.24) is 14.9 Å². The fraction of sp³-hybridized carbons (Fsp3) is 0.778. The Morgan fingerprint density at radius 3 is 2.52 bits per heavy atom. The lowest BCUT2D eigenvalue weighted by Gasteiger charge is -2.26. The highest BCUT2D eigenvalue weighted by molar-refractivity contribution is 5.74. The van der Waals surface area contributed by atoms with Crippen molar-refractivity contribution in [2.24, 2.45) is 4.99 Å². The molecule has 1 aromatic rings. The quantitative estimate of drug-likeness (QED) is 0.667. The van der Waals surface area contributed by atoms with Crippen molar-refractivity contribution >= 4 is 6.02 Å². The standard InChI is InChI=1S/C18H30N4O/c1-3-7-16(8-4-1)20-18(21-17-9-5-2-6-10-17)23-14-13-22-12-11-19-15-22/h11-12,15-17H,1-10,13-14H2,(H,20,21). The Morgan fingerprint density at radius 2 is 1.83 bits per heavy atom. The van der Waals surface area contributed by atoms with Crippen molar-refractivity contribution < 1.29 is 4.74 Å². The first-order valence-electron chi connectivity index (χ1n) is 9.33. The van der Waals surface area contributed by atoms with Crippen LogP contribution in [0.3, 0.4) is 0 Å². The number of rotatable bonds is 5. The molecule has 0 unspecified atom stereocenters. The molecule has 0 spiro atoms. The highest BCUT2D eigenvalue weighted by atomic mass is 16.5. The minimum Gasteiger partial charge on any atom is -0.463 e. The first-order valence-corrected chi connectivity index (χ1v) is 9.33. The summed E-state index contributed by atoms with van der Waals surface area (Å²) in [6.45, 7) is 1.46. The van der Waals surface area contributed by atoms with Crippen molar-refractivity contribution in [3.05, 3.63) is 18.7 Å². The highest BCUT2D eigenvalue weighted by Crippen LogP contribution is 2.21. The highest BCUT2D eigenvalue weighted by Gasteiger charge is 2.18. The molecule has 23 heavy (non-hydrogen) atoms. The zero-order valence-electron chi connectivity index (χ0n) is 14.1. The summed E-state index contributed by atoms with van der Waals surface area (Å²) in [6, 6.07) is 1.77. The van der Waals surface area contributed by atoms with Crippen LogP contribution in [0.4, 0.5) is 0 Å². The van der Waals surface area contributed by atoms with Gasteiger partial charge in [0.25, 0.3) is 6.02 Å². The van der Waals surface area contributed by atoms with Crippen molar-refractivity contribution in [2.45, 2.75) is 82.8 Å². The summed E-state index contributed by atoms with van der Waals surface area (Å²) in [5.74, 6) is 0. The lowest BCUT2D eigenvalue weighted by Crippen LogP contribution is -2.39. The van der Waals surface area contributed by atoms with E-state index in [-0.39, 0.29) is 0 Å². The molecule has 1 N–H and O–H groups in total. The largest absolute Gasteiger partial charge is 0.463 e. The molecule has 0 bridgehead atoms. The van der Waals surface area contributed by atoms with Gasteiger partial charge in [-0.25, -0.2) is 9.98 Å². The number of nitrogens with one attached hydrogen (secondary N) is 1. The third-order valence-electron chi connectivity index (χ3n) is 4.95. The Labute approximate surface area is 139 Å². The van der Waals surface area contributed by atoms with Crippen molar-refractivity contribution in [3.63, 3.8) is 0 Å². The van der Waals surface area contributed by atoms with Gasteiger partial charge in [0, 0.05) is 18.4 Å². The molecule has 2 fully saturated rings. The van der Waals surface area contributed by atoms with Gasteiger partial charge < -0.3 is 14.6 Å². The maximum atomic E-state index is 6.01. The summed E-state index contributed by atoms with van der Waals surface area (Å²) in [7, 11) is 0. The van der Waals surface area contributed by atoms with E-state index < -0.39 is 0 Å². The van der Waals surface area contributed by atoms with E-state index in [2.05, 4.69) is 10.3 Å². The fourth-order valence-electron chi connectivity index (χ4n) is 3.58. The molecule has 5 heteroatoms. The average molecular weight is 318 g/mol. The number of aromatic nitrogens is 2. The molecule has 2 aliphatic rings. The summed E-state index contributed by atoms with van der Waals surface area (Å²) in [5.41, 5.74) is 0. The topological polar surface area (TPSA) is 51.4 Å².